The van der Waals surface area contributed by atoms with Crippen LogP contribution in [0.15, 0.2) is 0 Å². The Morgan fingerprint density at radius 2 is 1.59 bits per heavy atom. The summed E-state index contributed by atoms with van der Waals surface area (Å²) in [6.07, 6.45) is -5.77. The van der Waals surface area contributed by atoms with Crippen molar-refractivity contribution in [2.45, 2.75) is 51.5 Å². The van der Waals surface area contributed by atoms with Gasteiger partial charge in [-0.25, -0.2) is 0 Å². The molecule has 98 valence electrons. The molecular weight excluding hydrogens is 232 g/mol. The Kier molecular flexibility index (Phi) is 4.44. The van der Waals surface area contributed by atoms with Gasteiger partial charge in [-0.2, -0.15) is 0 Å². The maximum atomic E-state index is 10.9. The minimum atomic E-state index is -1.37. The Labute approximate surface area is 98.3 Å². The quantitative estimate of drug-likeness (QED) is 0.601. The molecule has 0 spiro atoms. The van der Waals surface area contributed by atoms with Crippen LogP contribution < -0.4 is 0 Å². The summed E-state index contributed by atoms with van der Waals surface area (Å²) in [5, 5.41) is 19.3. The Bertz CT molecular complexity index is 303. The molecule has 0 amide bonds. The molecule has 1 rings (SSSR count). The second-order valence-corrected chi connectivity index (χ2v) is 3.87. The monoisotopic (exact) mass is 248 g/mol. The molecule has 3 unspecified atom stereocenters. The van der Waals surface area contributed by atoms with E-state index in [1.807, 2.05) is 0 Å². The zero-order valence-electron chi connectivity index (χ0n) is 9.82. The zero-order valence-corrected chi connectivity index (χ0v) is 9.82. The van der Waals surface area contributed by atoms with Crippen LogP contribution in [0.5, 0.6) is 0 Å². The number of rotatable bonds is 2. The summed E-state index contributed by atoms with van der Waals surface area (Å²) in [6.45, 7) is 3.81. The molecule has 1 aliphatic rings. The molecule has 0 radical (unpaired) electrons. The molecule has 1 heterocycles. The van der Waals surface area contributed by atoms with Crippen molar-refractivity contribution < 1.29 is 34.0 Å². The lowest BCUT2D eigenvalue weighted by molar-refractivity contribution is -0.287. The second kappa shape index (κ2) is 5.44. The van der Waals surface area contributed by atoms with Gasteiger partial charge >= 0.3 is 11.9 Å². The molecule has 2 N–H and O–H groups in total. The smallest absolute Gasteiger partial charge is 0.305 e. The zero-order chi connectivity index (χ0) is 13.2. The Morgan fingerprint density at radius 3 is 2.06 bits per heavy atom. The number of aliphatic hydroxyl groups is 2. The third-order valence-electron chi connectivity index (χ3n) is 2.37. The normalized spacial score (nSPS) is 37.4. The highest BCUT2D eigenvalue weighted by molar-refractivity contribution is 5.67. The number of aliphatic hydroxyl groups excluding tert-OH is 2. The summed E-state index contributed by atoms with van der Waals surface area (Å²) in [4.78, 5) is 21.7. The highest BCUT2D eigenvalue weighted by Crippen LogP contribution is 2.24. The van der Waals surface area contributed by atoms with Gasteiger partial charge in [0.1, 0.15) is 12.2 Å². The van der Waals surface area contributed by atoms with E-state index >= 15 is 0 Å². The summed E-state index contributed by atoms with van der Waals surface area (Å²) >= 11 is 0. The fourth-order valence-electron chi connectivity index (χ4n) is 1.58. The SMILES string of the molecule is CC(=O)OC1OC(C)[C@H](O)C(O)[C@@H]1OC(C)=O. The van der Waals surface area contributed by atoms with Crippen LogP contribution in [0.4, 0.5) is 0 Å². The van der Waals surface area contributed by atoms with Crippen LogP contribution in [-0.4, -0.2) is 52.9 Å². The predicted molar refractivity (Wildman–Crippen MR) is 53.7 cm³/mol. The average Bonchev–Trinajstić information content (AvgIpc) is 2.20. The van der Waals surface area contributed by atoms with Crippen LogP contribution in [0, 0.1) is 0 Å². The van der Waals surface area contributed by atoms with Crippen LogP contribution in [0.1, 0.15) is 20.8 Å². The summed E-state index contributed by atoms with van der Waals surface area (Å²) < 4.78 is 14.7. The van der Waals surface area contributed by atoms with E-state index in [9.17, 15) is 19.8 Å². The van der Waals surface area contributed by atoms with Gasteiger partial charge in [0.2, 0.25) is 6.29 Å². The molecular formula is C10H16O7. The minimum absolute atomic E-state index is 0.636. The van der Waals surface area contributed by atoms with Crippen LogP contribution in [0.2, 0.25) is 0 Å². The van der Waals surface area contributed by atoms with Crippen LogP contribution >= 0.6 is 0 Å². The van der Waals surface area contributed by atoms with Gasteiger partial charge in [-0.3, -0.25) is 9.59 Å². The molecule has 5 atom stereocenters. The molecule has 0 aromatic heterocycles. The van der Waals surface area contributed by atoms with E-state index < -0.39 is 42.6 Å². The van der Waals surface area contributed by atoms with E-state index in [0.29, 0.717) is 0 Å². The van der Waals surface area contributed by atoms with Gasteiger partial charge in [-0.05, 0) is 6.92 Å². The standard InChI is InChI=1S/C10H16O7/c1-4-7(13)8(14)9(16-5(2)11)10(15-4)17-6(3)12/h4,7-10,13-14H,1-3H3/t4?,7-,8?,9-,10?/m0/s1. The number of carbonyl (C=O) groups is 2. The Morgan fingerprint density at radius 1 is 1.06 bits per heavy atom. The van der Waals surface area contributed by atoms with Gasteiger partial charge in [-0.15, -0.1) is 0 Å². The van der Waals surface area contributed by atoms with Gasteiger partial charge in [0, 0.05) is 13.8 Å². The summed E-state index contributed by atoms with van der Waals surface area (Å²) in [7, 11) is 0. The van der Waals surface area contributed by atoms with E-state index in [-0.39, 0.29) is 0 Å². The largest absolute Gasteiger partial charge is 0.453 e. The van der Waals surface area contributed by atoms with Crippen molar-refractivity contribution in [3.63, 3.8) is 0 Å². The molecule has 17 heavy (non-hydrogen) atoms. The predicted octanol–water partition coefficient (Wildman–Crippen LogP) is -1.05. The first-order valence-corrected chi connectivity index (χ1v) is 5.19. The number of carbonyl (C=O) groups excluding carboxylic acids is 2. The van der Waals surface area contributed by atoms with E-state index in [4.69, 9.17) is 14.2 Å². The number of esters is 2. The first-order valence-electron chi connectivity index (χ1n) is 5.19. The third kappa shape index (κ3) is 3.39. The van der Waals surface area contributed by atoms with E-state index in [0.717, 1.165) is 13.8 Å². The average molecular weight is 248 g/mol. The van der Waals surface area contributed by atoms with E-state index in [2.05, 4.69) is 0 Å². The molecule has 0 saturated carbocycles. The van der Waals surface area contributed by atoms with Gasteiger partial charge in [0.05, 0.1) is 6.10 Å². The summed E-state index contributed by atoms with van der Waals surface area (Å²) in [5.74, 6) is -1.31. The number of hydrogen-bond acceptors (Lipinski definition) is 7. The maximum Gasteiger partial charge on any atom is 0.305 e. The fraction of sp³-hybridized carbons (Fsp3) is 0.800. The molecule has 0 bridgehead atoms. The molecule has 0 aromatic carbocycles. The summed E-state index contributed by atoms with van der Waals surface area (Å²) in [5.41, 5.74) is 0. The van der Waals surface area contributed by atoms with E-state index in [1.54, 1.807) is 0 Å². The third-order valence-corrected chi connectivity index (χ3v) is 2.37. The van der Waals surface area contributed by atoms with Gasteiger partial charge < -0.3 is 24.4 Å². The van der Waals surface area contributed by atoms with Crippen molar-refractivity contribution >= 4 is 11.9 Å². The number of hydrogen-bond donors (Lipinski definition) is 2. The molecule has 0 aliphatic carbocycles. The van der Waals surface area contributed by atoms with E-state index in [1.165, 1.54) is 6.92 Å². The van der Waals surface area contributed by atoms with Gasteiger partial charge in [0.15, 0.2) is 6.10 Å². The highest BCUT2D eigenvalue weighted by Gasteiger charge is 2.46. The fourth-order valence-corrected chi connectivity index (χ4v) is 1.58. The van der Waals surface area contributed by atoms with Crippen LogP contribution in [0.25, 0.3) is 0 Å². The van der Waals surface area contributed by atoms with Crippen molar-refractivity contribution in [3.8, 4) is 0 Å². The maximum absolute atomic E-state index is 10.9. The first kappa shape index (κ1) is 13.9. The van der Waals surface area contributed by atoms with Crippen molar-refractivity contribution in [2.24, 2.45) is 0 Å². The topological polar surface area (TPSA) is 102 Å². The Hall–Kier alpha value is -1.18. The molecule has 1 aliphatic heterocycles. The molecule has 1 fully saturated rings. The highest BCUT2D eigenvalue weighted by atomic mass is 16.7. The van der Waals surface area contributed by atoms with Gasteiger partial charge in [0.25, 0.3) is 0 Å². The molecule has 7 heteroatoms. The molecule has 1 saturated heterocycles. The van der Waals surface area contributed by atoms with Crippen molar-refractivity contribution in [2.75, 3.05) is 0 Å². The van der Waals surface area contributed by atoms with Crippen molar-refractivity contribution in [1.29, 1.82) is 0 Å². The lowest BCUT2D eigenvalue weighted by atomic mass is 10.00. The molecule has 7 nitrogen and oxygen atoms in total. The molecule has 0 aromatic rings. The van der Waals surface area contributed by atoms with Gasteiger partial charge in [-0.1, -0.05) is 0 Å². The lowest BCUT2D eigenvalue weighted by Crippen LogP contribution is -2.58. The second-order valence-electron chi connectivity index (χ2n) is 3.87. The van der Waals surface area contributed by atoms with Crippen molar-refractivity contribution in [1.82, 2.24) is 0 Å². The lowest BCUT2D eigenvalue weighted by Gasteiger charge is -2.39. The first-order chi connectivity index (χ1) is 7.82. The van der Waals surface area contributed by atoms with Crippen LogP contribution in [-0.2, 0) is 23.8 Å². The van der Waals surface area contributed by atoms with Crippen molar-refractivity contribution in [3.05, 3.63) is 0 Å². The number of ether oxygens (including phenoxy) is 3. The Balaban J connectivity index is 2.82. The minimum Gasteiger partial charge on any atom is -0.453 e. The summed E-state index contributed by atoms with van der Waals surface area (Å²) in [6, 6.07) is 0. The van der Waals surface area contributed by atoms with Crippen LogP contribution in [0.3, 0.4) is 0 Å².